The van der Waals surface area contributed by atoms with Crippen molar-refractivity contribution in [3.63, 3.8) is 0 Å². The Labute approximate surface area is 137 Å². The summed E-state index contributed by atoms with van der Waals surface area (Å²) in [5.41, 5.74) is 0.608. The van der Waals surface area contributed by atoms with Gasteiger partial charge in [-0.05, 0) is 25.0 Å². The van der Waals surface area contributed by atoms with E-state index in [9.17, 15) is 15.3 Å². The minimum absolute atomic E-state index is 0.304. The fourth-order valence-electron chi connectivity index (χ4n) is 2.34. The Hall–Kier alpha value is -2.85. The second-order valence-electron chi connectivity index (χ2n) is 5.35. The smallest absolute Gasteiger partial charge is 0.333 e. The van der Waals surface area contributed by atoms with Crippen molar-refractivity contribution in [2.45, 2.75) is 26.7 Å². The molecule has 0 amide bonds. The van der Waals surface area contributed by atoms with Gasteiger partial charge in [-0.15, -0.1) is 0 Å². The normalized spacial score (nSPS) is 13.7. The minimum Gasteiger partial charge on any atom is -0.466 e. The van der Waals surface area contributed by atoms with Gasteiger partial charge in [0, 0.05) is 11.5 Å². The second-order valence-corrected chi connectivity index (χ2v) is 5.35. The summed E-state index contributed by atoms with van der Waals surface area (Å²) < 4.78 is 4.63. The molecule has 4 nitrogen and oxygen atoms in total. The highest BCUT2D eigenvalue weighted by atomic mass is 16.5. The zero-order chi connectivity index (χ0) is 17.5. The van der Waals surface area contributed by atoms with Crippen LogP contribution in [0.1, 0.15) is 32.3 Å². The van der Waals surface area contributed by atoms with Crippen LogP contribution in [0.4, 0.5) is 0 Å². The molecule has 0 heterocycles. The maximum absolute atomic E-state index is 11.4. The average Bonchev–Trinajstić information content (AvgIpc) is 2.60. The fraction of sp³-hybridized carbons (Fsp3) is 0.316. The third-order valence-electron chi connectivity index (χ3n) is 4.01. The van der Waals surface area contributed by atoms with Crippen molar-refractivity contribution in [2.24, 2.45) is 5.41 Å². The molecule has 1 aromatic rings. The molecule has 0 fully saturated rings. The lowest BCUT2D eigenvalue weighted by atomic mass is 9.70. The molecule has 0 saturated carbocycles. The van der Waals surface area contributed by atoms with E-state index in [2.05, 4.69) is 16.9 Å². The summed E-state index contributed by atoms with van der Waals surface area (Å²) in [4.78, 5) is 11.4. The number of nitrogens with zero attached hydrogens (tertiary/aromatic N) is 2. The van der Waals surface area contributed by atoms with E-state index >= 15 is 0 Å². The highest BCUT2D eigenvalue weighted by molar-refractivity contribution is 5.87. The quantitative estimate of drug-likeness (QED) is 0.470. The molecule has 1 unspecified atom stereocenters. The number of nitriles is 2. The predicted octanol–water partition coefficient (Wildman–Crippen LogP) is 3.89. The monoisotopic (exact) mass is 308 g/mol. The third kappa shape index (κ3) is 3.87. The highest BCUT2D eigenvalue weighted by Crippen LogP contribution is 2.41. The first-order chi connectivity index (χ1) is 10.9. The van der Waals surface area contributed by atoms with Crippen LogP contribution < -0.4 is 0 Å². The van der Waals surface area contributed by atoms with Crippen molar-refractivity contribution >= 4 is 5.97 Å². The van der Waals surface area contributed by atoms with Crippen molar-refractivity contribution in [1.82, 2.24) is 0 Å². The molecule has 0 aromatic heterocycles. The first-order valence-electron chi connectivity index (χ1n) is 7.24. The summed E-state index contributed by atoms with van der Waals surface area (Å²) in [6, 6.07) is 13.8. The van der Waals surface area contributed by atoms with E-state index in [-0.39, 0.29) is 5.92 Å². The summed E-state index contributed by atoms with van der Waals surface area (Å²) in [7, 11) is 1.31. The molecule has 1 aromatic carbocycles. The Morgan fingerprint density at radius 2 is 1.74 bits per heavy atom. The number of methoxy groups -OCH3 is 1. The van der Waals surface area contributed by atoms with Crippen LogP contribution in [-0.2, 0) is 9.53 Å². The highest BCUT2D eigenvalue weighted by Gasteiger charge is 2.39. The summed E-state index contributed by atoms with van der Waals surface area (Å²) in [5, 5.41) is 19.3. The van der Waals surface area contributed by atoms with Gasteiger partial charge in [-0.3, -0.25) is 0 Å². The van der Waals surface area contributed by atoms with E-state index in [1.165, 1.54) is 7.11 Å². The van der Waals surface area contributed by atoms with Gasteiger partial charge in [0.2, 0.25) is 0 Å². The number of ether oxygens (including phenoxy) is 1. The van der Waals surface area contributed by atoms with Gasteiger partial charge in [0.1, 0.15) is 0 Å². The van der Waals surface area contributed by atoms with Crippen LogP contribution in [-0.4, -0.2) is 13.1 Å². The lowest BCUT2D eigenvalue weighted by Gasteiger charge is -2.27. The number of hydrogen-bond acceptors (Lipinski definition) is 4. The van der Waals surface area contributed by atoms with Crippen LogP contribution in [0.2, 0.25) is 0 Å². The average molecular weight is 308 g/mol. The molecule has 0 N–H and O–H groups in total. The number of benzene rings is 1. The molecule has 4 heteroatoms. The molecule has 118 valence electrons. The number of carbonyl (C=O) groups is 1. The molecule has 0 aliphatic heterocycles. The first-order valence-corrected chi connectivity index (χ1v) is 7.24. The fourth-order valence-corrected chi connectivity index (χ4v) is 2.34. The summed E-state index contributed by atoms with van der Waals surface area (Å²) in [5.74, 6) is -0.744. The number of carbonyl (C=O) groups excluding carboxylic acids is 1. The molecular formula is C19H20N2O2. The van der Waals surface area contributed by atoms with Gasteiger partial charge in [-0.1, -0.05) is 49.4 Å². The van der Waals surface area contributed by atoms with Crippen LogP contribution in [0.3, 0.4) is 0 Å². The summed E-state index contributed by atoms with van der Waals surface area (Å²) in [6.07, 6.45) is 3.21. The predicted molar refractivity (Wildman–Crippen MR) is 88.0 cm³/mol. The van der Waals surface area contributed by atoms with Crippen LogP contribution >= 0.6 is 0 Å². The van der Waals surface area contributed by atoms with Crippen molar-refractivity contribution in [1.29, 1.82) is 10.5 Å². The molecular weight excluding hydrogens is 288 g/mol. The molecule has 0 saturated heterocycles. The van der Waals surface area contributed by atoms with E-state index in [0.717, 1.165) is 5.56 Å². The molecule has 23 heavy (non-hydrogen) atoms. The Bertz CT molecular complexity index is 689. The molecule has 0 aliphatic rings. The van der Waals surface area contributed by atoms with Gasteiger partial charge in [-0.2, -0.15) is 10.5 Å². The Balaban J connectivity index is 3.28. The lowest BCUT2D eigenvalue weighted by Crippen LogP contribution is -2.25. The number of esters is 1. The largest absolute Gasteiger partial charge is 0.466 e. The number of allylic oxidation sites excluding steroid dienone is 3. The Kier molecular flexibility index (Phi) is 6.30. The van der Waals surface area contributed by atoms with E-state index < -0.39 is 11.4 Å². The van der Waals surface area contributed by atoms with Gasteiger partial charge < -0.3 is 4.74 Å². The maximum Gasteiger partial charge on any atom is 0.333 e. The van der Waals surface area contributed by atoms with Gasteiger partial charge in [0.15, 0.2) is 5.41 Å². The van der Waals surface area contributed by atoms with Gasteiger partial charge >= 0.3 is 5.97 Å². The summed E-state index contributed by atoms with van der Waals surface area (Å²) in [6.45, 7) is 5.21. The zero-order valence-corrected chi connectivity index (χ0v) is 13.8. The standard InChI is InChI=1S/C19H20N2O2/c1-14(18(22)23-4)10-11-15(2)19(12-20,13-21)16(3)17-8-6-5-7-9-17/h5-11,16H,1-4H3/b14-10-,15-11+. The first kappa shape index (κ1) is 18.2. The van der Waals surface area contributed by atoms with Crippen LogP contribution in [0.25, 0.3) is 0 Å². The minimum atomic E-state index is -1.30. The van der Waals surface area contributed by atoms with Crippen molar-refractivity contribution < 1.29 is 9.53 Å². The van der Waals surface area contributed by atoms with Crippen molar-refractivity contribution in [3.8, 4) is 12.1 Å². The van der Waals surface area contributed by atoms with Gasteiger partial charge in [0.25, 0.3) is 0 Å². The topological polar surface area (TPSA) is 73.9 Å². The van der Waals surface area contributed by atoms with E-state index in [0.29, 0.717) is 11.1 Å². The Morgan fingerprint density at radius 3 is 2.22 bits per heavy atom. The Morgan fingerprint density at radius 1 is 1.17 bits per heavy atom. The van der Waals surface area contributed by atoms with Crippen LogP contribution in [0, 0.1) is 28.1 Å². The van der Waals surface area contributed by atoms with E-state index in [1.54, 1.807) is 26.0 Å². The molecule has 0 aliphatic carbocycles. The third-order valence-corrected chi connectivity index (χ3v) is 4.01. The van der Waals surface area contributed by atoms with Crippen molar-refractivity contribution in [3.05, 3.63) is 59.2 Å². The van der Waals surface area contributed by atoms with Gasteiger partial charge in [0.05, 0.1) is 19.2 Å². The number of rotatable bonds is 5. The molecule has 0 bridgehead atoms. The molecule has 1 rings (SSSR count). The number of hydrogen-bond donors (Lipinski definition) is 0. The van der Waals surface area contributed by atoms with Crippen LogP contribution in [0.5, 0.6) is 0 Å². The SMILES string of the molecule is COC(=O)/C(C)=C\C=C(/C)C(C#N)(C#N)C(C)c1ccccc1. The summed E-state index contributed by atoms with van der Waals surface area (Å²) >= 11 is 0. The van der Waals surface area contributed by atoms with Gasteiger partial charge in [-0.25, -0.2) is 4.79 Å². The lowest BCUT2D eigenvalue weighted by molar-refractivity contribution is -0.136. The van der Waals surface area contributed by atoms with E-state index in [4.69, 9.17) is 0 Å². The molecule has 0 spiro atoms. The van der Waals surface area contributed by atoms with E-state index in [1.807, 2.05) is 37.3 Å². The maximum atomic E-state index is 11.4. The molecule has 0 radical (unpaired) electrons. The zero-order valence-electron chi connectivity index (χ0n) is 13.8. The van der Waals surface area contributed by atoms with Crippen molar-refractivity contribution in [2.75, 3.05) is 7.11 Å². The van der Waals surface area contributed by atoms with Crippen LogP contribution in [0.15, 0.2) is 53.6 Å². The molecule has 1 atom stereocenters. The second kappa shape index (κ2) is 7.96.